The van der Waals surface area contributed by atoms with Crippen LogP contribution >= 0.6 is 0 Å². The minimum Gasteiger partial charge on any atom is -0.380 e. The largest absolute Gasteiger partial charge is 0.380 e. The molecule has 18 heavy (non-hydrogen) atoms. The van der Waals surface area contributed by atoms with Gasteiger partial charge >= 0.3 is 0 Å². The molecule has 0 spiro atoms. The van der Waals surface area contributed by atoms with E-state index in [2.05, 4.69) is 5.32 Å². The van der Waals surface area contributed by atoms with Gasteiger partial charge in [0.25, 0.3) is 0 Å². The van der Waals surface area contributed by atoms with Crippen molar-refractivity contribution in [3.63, 3.8) is 0 Å². The number of rotatable bonds is 8. The number of para-hydroxylation sites is 1. The predicted molar refractivity (Wildman–Crippen MR) is 71.4 cm³/mol. The van der Waals surface area contributed by atoms with E-state index < -0.39 is 0 Å². The summed E-state index contributed by atoms with van der Waals surface area (Å²) in [5.41, 5.74) is 0.359. The fourth-order valence-electron chi connectivity index (χ4n) is 1.38. The molecule has 1 aromatic rings. The number of benzene rings is 1. The predicted octanol–water partition coefficient (Wildman–Crippen LogP) is 3.07. The van der Waals surface area contributed by atoms with Crippen molar-refractivity contribution >= 4 is 5.69 Å². The summed E-state index contributed by atoms with van der Waals surface area (Å²) in [5.74, 6) is -0.238. The Morgan fingerprint density at radius 1 is 1.22 bits per heavy atom. The Kier molecular flexibility index (Phi) is 6.09. The molecule has 0 atom stereocenters. The minimum atomic E-state index is -0.238. The Bertz CT molecular complexity index is 355. The number of hydrogen-bond donors (Lipinski definition) is 1. The molecule has 1 N–H and O–H groups in total. The molecular weight excluding hydrogens is 233 g/mol. The third-order valence-electron chi connectivity index (χ3n) is 2.84. The van der Waals surface area contributed by atoms with E-state index in [0.29, 0.717) is 25.4 Å². The summed E-state index contributed by atoms with van der Waals surface area (Å²) < 4.78 is 24.0. The first-order valence-electron chi connectivity index (χ1n) is 6.16. The van der Waals surface area contributed by atoms with Crippen molar-refractivity contribution in [3.8, 4) is 0 Å². The molecule has 0 saturated heterocycles. The monoisotopic (exact) mass is 255 g/mol. The van der Waals surface area contributed by atoms with Gasteiger partial charge in [0.2, 0.25) is 0 Å². The maximum absolute atomic E-state index is 13.2. The summed E-state index contributed by atoms with van der Waals surface area (Å²) in [6.45, 7) is 5.82. The highest BCUT2D eigenvalue weighted by Gasteiger charge is 2.15. The number of methoxy groups -OCH3 is 1. The van der Waals surface area contributed by atoms with Gasteiger partial charge in [0.1, 0.15) is 5.82 Å². The van der Waals surface area contributed by atoms with Crippen molar-refractivity contribution in [3.05, 3.63) is 30.1 Å². The van der Waals surface area contributed by atoms with E-state index in [-0.39, 0.29) is 11.4 Å². The Labute approximate surface area is 108 Å². The first-order valence-corrected chi connectivity index (χ1v) is 6.16. The molecule has 0 radical (unpaired) electrons. The Balaban J connectivity index is 2.11. The quantitative estimate of drug-likeness (QED) is 0.724. The molecule has 102 valence electrons. The number of halogens is 1. The lowest BCUT2D eigenvalue weighted by Crippen LogP contribution is -2.25. The normalized spacial score (nSPS) is 11.6. The molecule has 0 saturated carbocycles. The molecule has 0 aliphatic heterocycles. The third kappa shape index (κ3) is 5.47. The van der Waals surface area contributed by atoms with Gasteiger partial charge in [-0.3, -0.25) is 0 Å². The van der Waals surface area contributed by atoms with Crippen LogP contribution in [0, 0.1) is 5.82 Å². The van der Waals surface area contributed by atoms with Crippen molar-refractivity contribution < 1.29 is 13.9 Å². The highest BCUT2D eigenvalue weighted by molar-refractivity contribution is 5.44. The van der Waals surface area contributed by atoms with Gasteiger partial charge in [-0.25, -0.2) is 4.39 Å². The Morgan fingerprint density at radius 2 is 1.94 bits per heavy atom. The first-order chi connectivity index (χ1) is 8.55. The molecule has 0 aromatic heterocycles. The van der Waals surface area contributed by atoms with E-state index in [4.69, 9.17) is 9.47 Å². The second-order valence-corrected chi connectivity index (χ2v) is 4.73. The Hall–Kier alpha value is -1.13. The molecule has 0 amide bonds. The van der Waals surface area contributed by atoms with E-state index in [1.165, 1.54) is 6.07 Å². The number of ether oxygens (including phenoxy) is 2. The lowest BCUT2D eigenvalue weighted by Gasteiger charge is -2.22. The first kappa shape index (κ1) is 14.9. The van der Waals surface area contributed by atoms with Crippen LogP contribution < -0.4 is 5.32 Å². The van der Waals surface area contributed by atoms with Gasteiger partial charge in [0.15, 0.2) is 0 Å². The third-order valence-corrected chi connectivity index (χ3v) is 2.84. The highest BCUT2D eigenvalue weighted by Crippen LogP contribution is 2.13. The molecule has 1 aromatic carbocycles. The lowest BCUT2D eigenvalue weighted by molar-refractivity contribution is -0.00856. The van der Waals surface area contributed by atoms with Crippen LogP contribution in [0.25, 0.3) is 0 Å². The smallest absolute Gasteiger partial charge is 0.146 e. The van der Waals surface area contributed by atoms with E-state index in [1.54, 1.807) is 25.3 Å². The van der Waals surface area contributed by atoms with Gasteiger partial charge in [-0.1, -0.05) is 12.1 Å². The highest BCUT2D eigenvalue weighted by atomic mass is 19.1. The molecular formula is C14H22FNO2. The molecule has 0 fully saturated rings. The summed E-state index contributed by atoms with van der Waals surface area (Å²) >= 11 is 0. The van der Waals surface area contributed by atoms with Crippen LogP contribution in [0.3, 0.4) is 0 Å². The van der Waals surface area contributed by atoms with Crippen LogP contribution in [0.1, 0.15) is 20.3 Å². The summed E-state index contributed by atoms with van der Waals surface area (Å²) in [6.07, 6.45) is 0.837. The number of anilines is 1. The number of hydrogen-bond acceptors (Lipinski definition) is 3. The van der Waals surface area contributed by atoms with Crippen LogP contribution in [0.4, 0.5) is 10.1 Å². The molecule has 4 heteroatoms. The SMILES string of the molecule is COC(C)(C)CCOCCNc1ccccc1F. The summed E-state index contributed by atoms with van der Waals surface area (Å²) in [5, 5.41) is 2.99. The van der Waals surface area contributed by atoms with Crippen molar-refractivity contribution in [2.75, 3.05) is 32.2 Å². The van der Waals surface area contributed by atoms with Crippen molar-refractivity contribution in [2.45, 2.75) is 25.9 Å². The topological polar surface area (TPSA) is 30.5 Å². The second-order valence-electron chi connectivity index (χ2n) is 4.73. The van der Waals surface area contributed by atoms with Crippen LogP contribution in [0.2, 0.25) is 0 Å². The average molecular weight is 255 g/mol. The standard InChI is InChI=1S/C14H22FNO2/c1-14(2,17-3)8-10-18-11-9-16-13-7-5-4-6-12(13)15/h4-7,16H,8-11H2,1-3H3. The van der Waals surface area contributed by atoms with Gasteiger partial charge in [-0.05, 0) is 32.4 Å². The minimum absolute atomic E-state index is 0.154. The number of nitrogens with one attached hydrogen (secondary N) is 1. The second kappa shape index (κ2) is 7.34. The van der Waals surface area contributed by atoms with Gasteiger partial charge in [0.05, 0.1) is 17.9 Å². The lowest BCUT2D eigenvalue weighted by atomic mass is 10.1. The summed E-state index contributed by atoms with van der Waals surface area (Å²) in [6, 6.07) is 6.62. The van der Waals surface area contributed by atoms with Crippen LogP contribution in [0.5, 0.6) is 0 Å². The van der Waals surface area contributed by atoms with Crippen LogP contribution in [-0.4, -0.2) is 32.5 Å². The summed E-state index contributed by atoms with van der Waals surface area (Å²) in [7, 11) is 1.69. The molecule has 3 nitrogen and oxygen atoms in total. The molecule has 0 unspecified atom stereocenters. The molecule has 0 aliphatic rings. The summed E-state index contributed by atoms with van der Waals surface area (Å²) in [4.78, 5) is 0. The van der Waals surface area contributed by atoms with Crippen molar-refractivity contribution in [1.29, 1.82) is 0 Å². The van der Waals surface area contributed by atoms with Crippen molar-refractivity contribution in [1.82, 2.24) is 0 Å². The zero-order chi connectivity index (χ0) is 13.4. The molecule has 0 bridgehead atoms. The molecule has 1 rings (SSSR count). The van der Waals surface area contributed by atoms with Gasteiger partial charge in [-0.2, -0.15) is 0 Å². The van der Waals surface area contributed by atoms with E-state index in [9.17, 15) is 4.39 Å². The van der Waals surface area contributed by atoms with Gasteiger partial charge in [0, 0.05) is 20.3 Å². The Morgan fingerprint density at radius 3 is 2.61 bits per heavy atom. The van der Waals surface area contributed by atoms with Gasteiger partial charge < -0.3 is 14.8 Å². The molecule has 0 aliphatic carbocycles. The molecule has 0 heterocycles. The van der Waals surface area contributed by atoms with Crippen LogP contribution in [0.15, 0.2) is 24.3 Å². The van der Waals surface area contributed by atoms with E-state index in [1.807, 2.05) is 13.8 Å². The maximum atomic E-state index is 13.2. The fourth-order valence-corrected chi connectivity index (χ4v) is 1.38. The zero-order valence-electron chi connectivity index (χ0n) is 11.3. The van der Waals surface area contributed by atoms with E-state index in [0.717, 1.165) is 6.42 Å². The van der Waals surface area contributed by atoms with Crippen molar-refractivity contribution in [2.24, 2.45) is 0 Å². The van der Waals surface area contributed by atoms with Crippen LogP contribution in [-0.2, 0) is 9.47 Å². The maximum Gasteiger partial charge on any atom is 0.146 e. The van der Waals surface area contributed by atoms with E-state index >= 15 is 0 Å². The van der Waals surface area contributed by atoms with Gasteiger partial charge in [-0.15, -0.1) is 0 Å². The fraction of sp³-hybridized carbons (Fsp3) is 0.571. The average Bonchev–Trinajstić information content (AvgIpc) is 2.35. The zero-order valence-corrected chi connectivity index (χ0v) is 11.3.